The minimum Gasteiger partial charge on any atom is -0.497 e. The lowest BCUT2D eigenvalue weighted by atomic mass is 9.82. The predicted molar refractivity (Wildman–Crippen MR) is 133 cm³/mol. The van der Waals surface area contributed by atoms with E-state index >= 15 is 0 Å². The molecule has 2 N–H and O–H groups in total. The third-order valence-corrected chi connectivity index (χ3v) is 6.66. The number of aliphatic carboxylic acids is 1. The Morgan fingerprint density at radius 2 is 1.86 bits per heavy atom. The monoisotopic (exact) mass is 501 g/mol. The van der Waals surface area contributed by atoms with Crippen molar-refractivity contribution in [2.24, 2.45) is 11.8 Å². The molecule has 1 saturated carbocycles. The smallest absolute Gasteiger partial charge is 0.306 e. The van der Waals surface area contributed by atoms with Crippen LogP contribution in [0.1, 0.15) is 61.3 Å². The Hall–Kier alpha value is -3.02. The van der Waals surface area contributed by atoms with Crippen LogP contribution >= 0.6 is 11.6 Å². The van der Waals surface area contributed by atoms with Gasteiger partial charge in [0, 0.05) is 13.7 Å². The van der Waals surface area contributed by atoms with Crippen molar-refractivity contribution in [2.75, 3.05) is 20.8 Å². The Morgan fingerprint density at radius 3 is 2.43 bits per heavy atom. The molecule has 1 fully saturated rings. The zero-order valence-electron chi connectivity index (χ0n) is 20.6. The molecule has 0 radical (unpaired) electrons. The number of hydrogen-bond donors (Lipinski definition) is 2. The third kappa shape index (κ3) is 7.00. The fourth-order valence-corrected chi connectivity index (χ4v) is 4.22. The van der Waals surface area contributed by atoms with Gasteiger partial charge in [0.2, 0.25) is 5.28 Å². The van der Waals surface area contributed by atoms with Gasteiger partial charge < -0.3 is 24.5 Å². The van der Waals surface area contributed by atoms with Crippen molar-refractivity contribution < 1.29 is 24.2 Å². The van der Waals surface area contributed by atoms with Gasteiger partial charge in [-0.25, -0.2) is 4.98 Å². The summed E-state index contributed by atoms with van der Waals surface area (Å²) in [5, 5.41) is 12.4. The SMILES string of the molecule is COc1ccc(Cn2c(Cl)nc(C#CC(C)(C)OC)c2C(=O)NC[C@H]2CC[C@H](C(=O)O)CC2)cc1. The molecular weight excluding hydrogens is 470 g/mol. The van der Waals surface area contributed by atoms with Crippen molar-refractivity contribution in [3.8, 4) is 17.6 Å². The quantitative estimate of drug-likeness (QED) is 0.530. The van der Waals surface area contributed by atoms with Crippen LogP contribution in [-0.4, -0.2) is 52.9 Å². The van der Waals surface area contributed by atoms with Crippen LogP contribution in [0, 0.1) is 23.7 Å². The zero-order valence-corrected chi connectivity index (χ0v) is 21.3. The van der Waals surface area contributed by atoms with Crippen LogP contribution in [-0.2, 0) is 16.1 Å². The van der Waals surface area contributed by atoms with Gasteiger partial charge in [0.05, 0.1) is 19.6 Å². The van der Waals surface area contributed by atoms with Crippen LogP contribution in [0.5, 0.6) is 5.75 Å². The molecule has 1 aliphatic rings. The van der Waals surface area contributed by atoms with E-state index in [1.54, 1.807) is 18.8 Å². The average molecular weight is 502 g/mol. The molecule has 0 aliphatic heterocycles. The highest BCUT2D eigenvalue weighted by Crippen LogP contribution is 2.28. The Balaban J connectivity index is 1.84. The number of methoxy groups -OCH3 is 2. The van der Waals surface area contributed by atoms with Crippen molar-refractivity contribution in [3.05, 3.63) is 46.5 Å². The van der Waals surface area contributed by atoms with E-state index in [1.165, 1.54) is 0 Å². The van der Waals surface area contributed by atoms with Gasteiger partial charge in [-0.3, -0.25) is 9.59 Å². The number of rotatable bonds is 8. The van der Waals surface area contributed by atoms with Crippen LogP contribution in [0.4, 0.5) is 0 Å². The van der Waals surface area contributed by atoms with Gasteiger partial charge in [-0.2, -0.15) is 0 Å². The highest BCUT2D eigenvalue weighted by atomic mass is 35.5. The number of carboxylic acids is 1. The van der Waals surface area contributed by atoms with Gasteiger partial charge >= 0.3 is 5.97 Å². The number of aromatic nitrogens is 2. The summed E-state index contributed by atoms with van der Waals surface area (Å²) >= 11 is 6.47. The number of nitrogens with one attached hydrogen (secondary N) is 1. The molecule has 3 rings (SSSR count). The summed E-state index contributed by atoms with van der Waals surface area (Å²) in [6.45, 7) is 4.43. The molecule has 0 spiro atoms. The molecule has 188 valence electrons. The van der Waals surface area contributed by atoms with E-state index in [1.807, 2.05) is 38.1 Å². The minimum atomic E-state index is -0.744. The molecule has 35 heavy (non-hydrogen) atoms. The molecule has 8 nitrogen and oxygen atoms in total. The van der Waals surface area contributed by atoms with Gasteiger partial charge in [0.1, 0.15) is 22.7 Å². The summed E-state index contributed by atoms with van der Waals surface area (Å²) < 4.78 is 12.2. The summed E-state index contributed by atoms with van der Waals surface area (Å²) in [6.07, 6.45) is 2.77. The lowest BCUT2D eigenvalue weighted by Gasteiger charge is -2.26. The van der Waals surface area contributed by atoms with Gasteiger partial charge in [0.25, 0.3) is 5.91 Å². The van der Waals surface area contributed by atoms with E-state index < -0.39 is 11.6 Å². The number of hydrogen-bond acceptors (Lipinski definition) is 5. The Kier molecular flexibility index (Phi) is 8.82. The first-order chi connectivity index (χ1) is 16.6. The maximum Gasteiger partial charge on any atom is 0.306 e. The molecule has 1 aromatic heterocycles. The summed E-state index contributed by atoms with van der Waals surface area (Å²) in [6, 6.07) is 7.48. The normalized spacial score (nSPS) is 17.9. The van der Waals surface area contributed by atoms with Gasteiger partial charge in [0.15, 0.2) is 0 Å². The lowest BCUT2D eigenvalue weighted by Crippen LogP contribution is -2.34. The summed E-state index contributed by atoms with van der Waals surface area (Å²) in [5.41, 5.74) is 0.760. The Bertz CT molecular complexity index is 1110. The highest BCUT2D eigenvalue weighted by Gasteiger charge is 2.27. The van der Waals surface area contributed by atoms with E-state index in [-0.39, 0.29) is 34.4 Å². The number of benzene rings is 1. The fraction of sp³-hybridized carbons (Fsp3) is 0.500. The highest BCUT2D eigenvalue weighted by molar-refractivity contribution is 6.29. The molecule has 2 aromatic rings. The molecule has 1 aromatic carbocycles. The first-order valence-corrected chi connectivity index (χ1v) is 12.0. The molecule has 1 aliphatic carbocycles. The number of ether oxygens (including phenoxy) is 2. The van der Waals surface area contributed by atoms with Gasteiger partial charge in [-0.15, -0.1) is 0 Å². The molecule has 1 heterocycles. The number of carbonyl (C=O) groups is 2. The van der Waals surface area contributed by atoms with E-state index in [4.69, 9.17) is 21.1 Å². The van der Waals surface area contributed by atoms with E-state index in [9.17, 15) is 14.7 Å². The summed E-state index contributed by atoms with van der Waals surface area (Å²) in [7, 11) is 3.17. The number of nitrogens with zero attached hydrogens (tertiary/aromatic N) is 2. The van der Waals surface area contributed by atoms with Crippen molar-refractivity contribution in [2.45, 2.75) is 51.7 Å². The second kappa shape index (κ2) is 11.6. The van der Waals surface area contributed by atoms with Crippen molar-refractivity contribution in [3.63, 3.8) is 0 Å². The first-order valence-electron chi connectivity index (χ1n) is 11.6. The van der Waals surface area contributed by atoms with Crippen molar-refractivity contribution in [1.82, 2.24) is 14.9 Å². The maximum absolute atomic E-state index is 13.4. The average Bonchev–Trinajstić information content (AvgIpc) is 3.17. The molecule has 0 atom stereocenters. The van der Waals surface area contributed by atoms with Crippen LogP contribution in [0.15, 0.2) is 24.3 Å². The third-order valence-electron chi connectivity index (χ3n) is 6.38. The van der Waals surface area contributed by atoms with Crippen LogP contribution in [0.25, 0.3) is 0 Å². The predicted octanol–water partition coefficient (Wildman–Crippen LogP) is 3.99. The van der Waals surface area contributed by atoms with Gasteiger partial charge in [-0.05, 0) is 80.7 Å². The van der Waals surface area contributed by atoms with Crippen LogP contribution < -0.4 is 10.1 Å². The molecule has 1 amide bonds. The minimum absolute atomic E-state index is 0.160. The zero-order chi connectivity index (χ0) is 25.6. The standard InChI is InChI=1S/C26H32ClN3O5/c1-26(2,35-4)14-13-21-22(23(31)28-15-17-5-9-19(10-6-17)24(32)33)30(25(27)29-21)16-18-7-11-20(34-3)12-8-18/h7-8,11-12,17,19H,5-6,9-10,15-16H2,1-4H3,(H,28,31)(H,32,33)/t17-,19-. The topological polar surface area (TPSA) is 103 Å². The van der Waals surface area contributed by atoms with Crippen LogP contribution in [0.2, 0.25) is 5.28 Å². The second-order valence-corrected chi connectivity index (χ2v) is 9.58. The Morgan fingerprint density at radius 1 is 1.20 bits per heavy atom. The fourth-order valence-electron chi connectivity index (χ4n) is 4.00. The number of carbonyl (C=O) groups excluding carboxylic acids is 1. The van der Waals surface area contributed by atoms with Gasteiger partial charge in [-0.1, -0.05) is 18.1 Å². The summed E-state index contributed by atoms with van der Waals surface area (Å²) in [4.78, 5) is 28.9. The molecular formula is C26H32ClN3O5. The van der Waals surface area contributed by atoms with E-state index in [0.717, 1.165) is 24.2 Å². The lowest BCUT2D eigenvalue weighted by molar-refractivity contribution is -0.143. The molecule has 0 bridgehead atoms. The number of carboxylic acid groups (broad SMARTS) is 1. The maximum atomic E-state index is 13.4. The molecule has 0 unspecified atom stereocenters. The van der Waals surface area contributed by atoms with Crippen molar-refractivity contribution in [1.29, 1.82) is 0 Å². The molecule has 9 heteroatoms. The number of halogens is 1. The van der Waals surface area contributed by atoms with E-state index in [2.05, 4.69) is 22.1 Å². The summed E-state index contributed by atoms with van der Waals surface area (Å²) in [5.74, 6) is 5.57. The van der Waals surface area contributed by atoms with E-state index in [0.29, 0.717) is 25.9 Å². The van der Waals surface area contributed by atoms with Crippen molar-refractivity contribution >= 4 is 23.5 Å². The Labute approximate surface area is 211 Å². The number of amides is 1. The number of imidazole rings is 1. The second-order valence-electron chi connectivity index (χ2n) is 9.24. The molecule has 0 saturated heterocycles. The van der Waals surface area contributed by atoms with Crippen LogP contribution in [0.3, 0.4) is 0 Å². The first kappa shape index (κ1) is 26.6. The largest absolute Gasteiger partial charge is 0.497 e.